The van der Waals surface area contributed by atoms with E-state index in [1.165, 1.54) is 6.42 Å². The van der Waals surface area contributed by atoms with Crippen molar-refractivity contribution in [3.05, 3.63) is 0 Å². The van der Waals surface area contributed by atoms with Crippen LogP contribution in [-0.4, -0.2) is 19.7 Å². The molecule has 0 saturated carbocycles. The van der Waals surface area contributed by atoms with Crippen LogP contribution in [0.15, 0.2) is 0 Å². The van der Waals surface area contributed by atoms with E-state index in [2.05, 4.69) is 17.7 Å². The van der Waals surface area contributed by atoms with E-state index in [1.54, 1.807) is 6.92 Å². The van der Waals surface area contributed by atoms with Gasteiger partial charge in [0, 0.05) is 6.54 Å². The zero-order chi connectivity index (χ0) is 15.5. The minimum atomic E-state index is -3.56. The van der Waals surface area contributed by atoms with Crippen LogP contribution in [0.3, 0.4) is 0 Å². The first kappa shape index (κ1) is 19.4. The number of sulfonamides is 1. The molecular formula is C15H30N2O2S. The van der Waals surface area contributed by atoms with Crippen molar-refractivity contribution in [2.24, 2.45) is 0 Å². The minimum absolute atomic E-state index is 0.341. The van der Waals surface area contributed by atoms with Crippen LogP contribution in [0.1, 0.15) is 78.6 Å². The minimum Gasteiger partial charge on any atom is -0.214 e. The van der Waals surface area contributed by atoms with Crippen molar-refractivity contribution in [2.75, 3.05) is 6.54 Å². The Labute approximate surface area is 125 Å². The van der Waals surface area contributed by atoms with E-state index in [4.69, 9.17) is 0 Å². The second-order valence-electron chi connectivity index (χ2n) is 5.38. The van der Waals surface area contributed by atoms with E-state index >= 15 is 0 Å². The van der Waals surface area contributed by atoms with Gasteiger partial charge in [-0.25, -0.2) is 13.1 Å². The van der Waals surface area contributed by atoms with Crippen LogP contribution in [0.5, 0.6) is 0 Å². The molecular weight excluding hydrogens is 272 g/mol. The number of hydrogen-bond acceptors (Lipinski definition) is 3. The second kappa shape index (κ2) is 10.2. The van der Waals surface area contributed by atoms with Gasteiger partial charge in [-0.2, -0.15) is 5.26 Å². The number of unbranched alkanes of at least 4 members (excludes halogenated alkanes) is 5. The third-order valence-electron chi connectivity index (χ3n) is 3.67. The van der Waals surface area contributed by atoms with E-state index in [-0.39, 0.29) is 0 Å². The van der Waals surface area contributed by atoms with Crippen molar-refractivity contribution in [1.29, 1.82) is 5.26 Å². The average molecular weight is 302 g/mol. The van der Waals surface area contributed by atoms with Gasteiger partial charge in [0.2, 0.25) is 10.0 Å². The van der Waals surface area contributed by atoms with Crippen LogP contribution in [0.2, 0.25) is 0 Å². The summed E-state index contributed by atoms with van der Waals surface area (Å²) < 4.78 is 26.0. The molecule has 0 spiro atoms. The Kier molecular flexibility index (Phi) is 9.87. The van der Waals surface area contributed by atoms with E-state index in [9.17, 15) is 13.7 Å². The highest BCUT2D eigenvalue weighted by Gasteiger charge is 2.42. The smallest absolute Gasteiger partial charge is 0.214 e. The maximum atomic E-state index is 12.4. The molecule has 4 nitrogen and oxygen atoms in total. The topological polar surface area (TPSA) is 70.0 Å². The number of nitriles is 1. The fourth-order valence-corrected chi connectivity index (χ4v) is 3.97. The van der Waals surface area contributed by atoms with Gasteiger partial charge in [-0.1, -0.05) is 65.7 Å². The van der Waals surface area contributed by atoms with E-state index in [1.807, 2.05) is 6.92 Å². The van der Waals surface area contributed by atoms with Crippen molar-refractivity contribution in [1.82, 2.24) is 4.72 Å². The monoisotopic (exact) mass is 302 g/mol. The Morgan fingerprint density at radius 2 is 1.50 bits per heavy atom. The Morgan fingerprint density at radius 1 is 0.950 bits per heavy atom. The molecule has 0 amide bonds. The van der Waals surface area contributed by atoms with Crippen LogP contribution < -0.4 is 4.72 Å². The summed E-state index contributed by atoms with van der Waals surface area (Å²) in [4.78, 5) is 0. The molecule has 0 heterocycles. The van der Waals surface area contributed by atoms with Crippen LogP contribution in [0.4, 0.5) is 0 Å². The van der Waals surface area contributed by atoms with Crippen molar-refractivity contribution in [3.8, 4) is 6.07 Å². The summed E-state index contributed by atoms with van der Waals surface area (Å²) in [5, 5.41) is 9.50. The highest BCUT2D eigenvalue weighted by atomic mass is 32.2. The molecule has 5 heteroatoms. The number of nitrogens with one attached hydrogen (secondary N) is 1. The molecule has 0 aromatic heterocycles. The summed E-state index contributed by atoms with van der Waals surface area (Å²) in [5.41, 5.74) is 0. The van der Waals surface area contributed by atoms with Gasteiger partial charge >= 0.3 is 0 Å². The molecule has 1 N–H and O–H groups in total. The maximum Gasteiger partial charge on any atom is 0.230 e. The molecule has 0 radical (unpaired) electrons. The van der Waals surface area contributed by atoms with Gasteiger partial charge < -0.3 is 0 Å². The summed E-state index contributed by atoms with van der Waals surface area (Å²) in [6, 6.07) is 2.12. The van der Waals surface area contributed by atoms with Gasteiger partial charge in [-0.15, -0.1) is 0 Å². The van der Waals surface area contributed by atoms with E-state index < -0.39 is 14.8 Å². The van der Waals surface area contributed by atoms with E-state index in [0.29, 0.717) is 19.4 Å². The normalized spacial score (nSPS) is 14.7. The molecule has 0 aromatic carbocycles. The third kappa shape index (κ3) is 5.80. The summed E-state index contributed by atoms with van der Waals surface area (Å²) >= 11 is 0. The third-order valence-corrected chi connectivity index (χ3v) is 5.87. The van der Waals surface area contributed by atoms with Crippen molar-refractivity contribution in [2.45, 2.75) is 83.3 Å². The lowest BCUT2D eigenvalue weighted by atomic mass is 9.95. The first-order valence-electron chi connectivity index (χ1n) is 7.90. The highest BCUT2D eigenvalue weighted by molar-refractivity contribution is 7.91. The molecule has 0 aliphatic rings. The van der Waals surface area contributed by atoms with Crippen molar-refractivity contribution in [3.63, 3.8) is 0 Å². The van der Waals surface area contributed by atoms with Crippen LogP contribution in [0.25, 0.3) is 0 Å². The molecule has 0 rings (SSSR count). The fraction of sp³-hybridized carbons (Fsp3) is 0.933. The van der Waals surface area contributed by atoms with Crippen LogP contribution in [0, 0.1) is 11.3 Å². The largest absolute Gasteiger partial charge is 0.230 e. The van der Waals surface area contributed by atoms with E-state index in [0.717, 1.165) is 38.5 Å². The van der Waals surface area contributed by atoms with Gasteiger partial charge in [0.25, 0.3) is 0 Å². The van der Waals surface area contributed by atoms with Gasteiger partial charge in [0.1, 0.15) is 0 Å². The molecule has 0 aliphatic heterocycles. The molecule has 0 bridgehead atoms. The molecule has 0 aromatic rings. The second-order valence-corrected chi connectivity index (χ2v) is 7.45. The predicted molar refractivity (Wildman–Crippen MR) is 83.8 cm³/mol. The molecule has 20 heavy (non-hydrogen) atoms. The molecule has 1 atom stereocenters. The predicted octanol–water partition coefficient (Wildman–Crippen LogP) is 3.74. The standard InChI is InChI=1S/C15H30N2O2S/c1-4-7-9-10-11-13-15(14-16,12-8-5-2)20(18,19)17-6-3/h17H,4-13H2,1-3H3. The Morgan fingerprint density at radius 3 is 2.00 bits per heavy atom. The zero-order valence-corrected chi connectivity index (χ0v) is 14.1. The Hall–Kier alpha value is -0.600. The number of nitrogens with zero attached hydrogens (tertiary/aromatic N) is 1. The first-order chi connectivity index (χ1) is 9.49. The van der Waals surface area contributed by atoms with Gasteiger partial charge in [0.15, 0.2) is 4.75 Å². The maximum absolute atomic E-state index is 12.4. The summed E-state index contributed by atoms with van der Waals surface area (Å²) in [7, 11) is -3.56. The molecule has 0 aliphatic carbocycles. The Balaban J connectivity index is 4.82. The number of hydrogen-bond donors (Lipinski definition) is 1. The lowest BCUT2D eigenvalue weighted by Gasteiger charge is -2.26. The van der Waals surface area contributed by atoms with Gasteiger partial charge in [-0.05, 0) is 12.8 Å². The molecule has 0 fully saturated rings. The van der Waals surface area contributed by atoms with Crippen LogP contribution in [-0.2, 0) is 10.0 Å². The molecule has 0 saturated heterocycles. The SMILES string of the molecule is CCCCCCCC(C#N)(CCCC)S(=O)(=O)NCC. The summed E-state index contributed by atoms with van der Waals surface area (Å²) in [6.45, 7) is 6.26. The Bertz CT molecular complexity index is 387. The quantitative estimate of drug-likeness (QED) is 0.558. The molecule has 118 valence electrons. The number of rotatable bonds is 12. The van der Waals surface area contributed by atoms with Crippen molar-refractivity contribution >= 4 is 10.0 Å². The zero-order valence-electron chi connectivity index (χ0n) is 13.2. The molecule has 1 unspecified atom stereocenters. The lowest BCUT2D eigenvalue weighted by molar-refractivity contribution is 0.472. The van der Waals surface area contributed by atoms with Gasteiger partial charge in [0.05, 0.1) is 6.07 Å². The average Bonchev–Trinajstić information content (AvgIpc) is 2.42. The van der Waals surface area contributed by atoms with Crippen LogP contribution >= 0.6 is 0 Å². The van der Waals surface area contributed by atoms with Crippen molar-refractivity contribution < 1.29 is 8.42 Å². The first-order valence-corrected chi connectivity index (χ1v) is 9.38. The summed E-state index contributed by atoms with van der Waals surface area (Å²) in [5.74, 6) is 0. The highest BCUT2D eigenvalue weighted by Crippen LogP contribution is 2.29. The van der Waals surface area contributed by atoms with Gasteiger partial charge in [-0.3, -0.25) is 0 Å². The summed E-state index contributed by atoms with van der Waals surface area (Å²) in [6.07, 6.45) is 7.82. The lowest BCUT2D eigenvalue weighted by Crippen LogP contribution is -2.45. The fourth-order valence-electron chi connectivity index (χ4n) is 2.37.